The summed E-state index contributed by atoms with van der Waals surface area (Å²) in [6.07, 6.45) is 1.68. The summed E-state index contributed by atoms with van der Waals surface area (Å²) in [5.74, 6) is 1.40. The number of hydrogen-bond donors (Lipinski definition) is 0. The number of nitrogens with zero attached hydrogens (tertiary/aromatic N) is 1. The van der Waals surface area contributed by atoms with E-state index in [0.29, 0.717) is 28.6 Å². The number of hydrogen-bond acceptors (Lipinski definition) is 6. The second-order valence-electron chi connectivity index (χ2n) is 8.45. The number of halogens is 1. The first kappa shape index (κ1) is 25.9. The summed E-state index contributed by atoms with van der Waals surface area (Å²) >= 11 is 4.34. The van der Waals surface area contributed by atoms with E-state index < -0.39 is 0 Å². The molecule has 2 amide bonds. The van der Waals surface area contributed by atoms with Crippen molar-refractivity contribution in [1.29, 1.82) is 0 Å². The van der Waals surface area contributed by atoms with Crippen LogP contribution in [0.4, 0.5) is 4.79 Å². The van der Waals surface area contributed by atoms with Crippen LogP contribution in [0.2, 0.25) is 0 Å². The molecule has 8 heteroatoms. The lowest BCUT2D eigenvalue weighted by Crippen LogP contribution is -2.32. The van der Waals surface area contributed by atoms with Crippen molar-refractivity contribution in [3.63, 3.8) is 0 Å². The molecule has 5 rings (SSSR count). The van der Waals surface area contributed by atoms with Gasteiger partial charge in [0, 0.05) is 15.4 Å². The summed E-state index contributed by atoms with van der Waals surface area (Å²) in [7, 11) is 1.56. The number of carbonyl (C=O) groups excluding carboxylic acids is 2. The maximum absolute atomic E-state index is 13.1. The summed E-state index contributed by atoms with van der Waals surface area (Å²) in [6.45, 7) is 0.664. The van der Waals surface area contributed by atoms with Crippen molar-refractivity contribution in [2.75, 3.05) is 20.3 Å². The number of amides is 2. The predicted octanol–water partition coefficient (Wildman–Crippen LogP) is 7.31. The Morgan fingerprint density at radius 1 is 0.868 bits per heavy atom. The Hall–Kier alpha value is -3.75. The highest BCUT2D eigenvalue weighted by Gasteiger charge is 2.35. The van der Waals surface area contributed by atoms with Crippen molar-refractivity contribution in [3.8, 4) is 17.2 Å². The minimum atomic E-state index is -0.358. The summed E-state index contributed by atoms with van der Waals surface area (Å²) in [5, 5.41) is 1.72. The van der Waals surface area contributed by atoms with E-state index in [2.05, 4.69) is 15.9 Å². The molecule has 0 N–H and O–H groups in total. The topological polar surface area (TPSA) is 65.1 Å². The van der Waals surface area contributed by atoms with E-state index in [0.717, 1.165) is 38.3 Å². The summed E-state index contributed by atoms with van der Waals surface area (Å²) < 4.78 is 18.5. The highest BCUT2D eigenvalue weighted by atomic mass is 79.9. The number of para-hydroxylation sites is 1. The molecule has 6 nitrogen and oxygen atoms in total. The SMILES string of the molecule is COc1cccc(/C=C2\SC(=O)N(CCOc3cccc4ccccc34)C2=O)c1OCc1ccc(Br)cc1. The number of ether oxygens (including phenoxy) is 3. The molecule has 0 bridgehead atoms. The van der Waals surface area contributed by atoms with Crippen molar-refractivity contribution < 1.29 is 23.8 Å². The van der Waals surface area contributed by atoms with Crippen LogP contribution in [-0.4, -0.2) is 36.3 Å². The van der Waals surface area contributed by atoms with Gasteiger partial charge in [-0.25, -0.2) is 0 Å². The Kier molecular flexibility index (Phi) is 8.00. The zero-order chi connectivity index (χ0) is 26.5. The molecule has 0 saturated carbocycles. The molecule has 0 radical (unpaired) electrons. The Labute approximate surface area is 233 Å². The molecule has 0 spiro atoms. The summed E-state index contributed by atoms with van der Waals surface area (Å²) in [4.78, 5) is 27.4. The molecule has 1 heterocycles. The van der Waals surface area contributed by atoms with E-state index in [-0.39, 0.29) is 24.3 Å². The highest BCUT2D eigenvalue weighted by molar-refractivity contribution is 9.10. The van der Waals surface area contributed by atoms with Crippen molar-refractivity contribution >= 4 is 55.7 Å². The van der Waals surface area contributed by atoms with E-state index in [1.807, 2.05) is 78.9 Å². The second-order valence-corrected chi connectivity index (χ2v) is 10.4. The van der Waals surface area contributed by atoms with E-state index in [9.17, 15) is 9.59 Å². The van der Waals surface area contributed by atoms with Crippen LogP contribution in [0.5, 0.6) is 17.2 Å². The first-order chi connectivity index (χ1) is 18.5. The average Bonchev–Trinajstić information content (AvgIpc) is 3.20. The van der Waals surface area contributed by atoms with Crippen molar-refractivity contribution in [3.05, 3.63) is 105 Å². The quantitative estimate of drug-likeness (QED) is 0.191. The monoisotopic (exact) mass is 589 g/mol. The number of methoxy groups -OCH3 is 1. The molecule has 0 aliphatic carbocycles. The van der Waals surface area contributed by atoms with E-state index in [1.165, 1.54) is 4.90 Å². The highest BCUT2D eigenvalue weighted by Crippen LogP contribution is 2.38. The number of fused-ring (bicyclic) bond motifs is 1. The van der Waals surface area contributed by atoms with Crippen LogP contribution in [0.15, 0.2) is 94.3 Å². The fraction of sp³-hybridized carbons (Fsp3) is 0.133. The molecule has 0 atom stereocenters. The van der Waals surface area contributed by atoms with Gasteiger partial charge in [-0.15, -0.1) is 0 Å². The molecule has 1 saturated heterocycles. The lowest BCUT2D eigenvalue weighted by Gasteiger charge is -2.15. The Bertz CT molecular complexity index is 1510. The lowest BCUT2D eigenvalue weighted by atomic mass is 10.1. The molecule has 4 aromatic rings. The number of thioether (sulfide) groups is 1. The summed E-state index contributed by atoms with van der Waals surface area (Å²) in [6, 6.07) is 27.0. The largest absolute Gasteiger partial charge is 0.493 e. The molecular formula is C30H24BrNO5S. The predicted molar refractivity (Wildman–Crippen MR) is 154 cm³/mol. The van der Waals surface area contributed by atoms with Crippen LogP contribution in [-0.2, 0) is 11.4 Å². The third-order valence-corrected chi connectivity index (χ3v) is 7.44. The van der Waals surface area contributed by atoms with Gasteiger partial charge in [-0.2, -0.15) is 0 Å². The molecule has 1 aliphatic heterocycles. The molecule has 1 aliphatic rings. The lowest BCUT2D eigenvalue weighted by molar-refractivity contribution is -0.123. The van der Waals surface area contributed by atoms with Gasteiger partial charge in [0.25, 0.3) is 11.1 Å². The van der Waals surface area contributed by atoms with Gasteiger partial charge in [-0.05, 0) is 53.1 Å². The van der Waals surface area contributed by atoms with Crippen LogP contribution in [0.1, 0.15) is 11.1 Å². The number of imide groups is 1. The van der Waals surface area contributed by atoms with Crippen LogP contribution in [0.3, 0.4) is 0 Å². The fourth-order valence-electron chi connectivity index (χ4n) is 4.10. The van der Waals surface area contributed by atoms with Gasteiger partial charge in [0.1, 0.15) is 19.0 Å². The molecule has 4 aromatic carbocycles. The van der Waals surface area contributed by atoms with Gasteiger partial charge in [0.15, 0.2) is 11.5 Å². The van der Waals surface area contributed by atoms with Gasteiger partial charge >= 0.3 is 0 Å². The van der Waals surface area contributed by atoms with Crippen molar-refractivity contribution in [1.82, 2.24) is 4.90 Å². The molecule has 192 valence electrons. The van der Waals surface area contributed by atoms with E-state index in [1.54, 1.807) is 19.3 Å². The first-order valence-corrected chi connectivity index (χ1v) is 13.5. The maximum Gasteiger partial charge on any atom is 0.293 e. The zero-order valence-corrected chi connectivity index (χ0v) is 23.0. The van der Waals surface area contributed by atoms with Crippen molar-refractivity contribution in [2.24, 2.45) is 0 Å². The van der Waals surface area contributed by atoms with Gasteiger partial charge in [0.2, 0.25) is 0 Å². The second kappa shape index (κ2) is 11.8. The molecule has 0 unspecified atom stereocenters. The minimum absolute atomic E-state index is 0.149. The van der Waals surface area contributed by atoms with Gasteiger partial charge in [-0.1, -0.05) is 76.6 Å². The molecule has 1 fully saturated rings. The fourth-order valence-corrected chi connectivity index (χ4v) is 5.22. The Morgan fingerprint density at radius 2 is 1.61 bits per heavy atom. The normalized spacial score (nSPS) is 14.4. The van der Waals surface area contributed by atoms with Gasteiger partial charge in [-0.3, -0.25) is 14.5 Å². The van der Waals surface area contributed by atoms with Crippen LogP contribution < -0.4 is 14.2 Å². The first-order valence-electron chi connectivity index (χ1n) is 11.9. The van der Waals surface area contributed by atoms with Crippen LogP contribution in [0, 0.1) is 0 Å². The molecular weight excluding hydrogens is 566 g/mol. The molecule has 38 heavy (non-hydrogen) atoms. The third kappa shape index (κ3) is 5.71. The van der Waals surface area contributed by atoms with Crippen LogP contribution in [0.25, 0.3) is 16.8 Å². The Morgan fingerprint density at radius 3 is 2.42 bits per heavy atom. The zero-order valence-electron chi connectivity index (χ0n) is 20.6. The number of rotatable bonds is 9. The van der Waals surface area contributed by atoms with Crippen LogP contribution >= 0.6 is 27.7 Å². The standard InChI is InChI=1S/C30H24BrNO5S/c1-35-26-11-5-8-22(28(26)37-19-20-12-14-23(31)15-13-20)18-27-29(33)32(30(34)38-27)16-17-36-25-10-4-7-21-6-2-3-9-24(21)25/h2-15,18H,16-17,19H2,1H3/b27-18-. The number of carbonyl (C=O) groups is 2. The number of benzene rings is 4. The van der Waals surface area contributed by atoms with Crippen molar-refractivity contribution in [2.45, 2.75) is 6.61 Å². The third-order valence-electron chi connectivity index (χ3n) is 6.01. The minimum Gasteiger partial charge on any atom is -0.493 e. The van der Waals surface area contributed by atoms with E-state index in [4.69, 9.17) is 14.2 Å². The van der Waals surface area contributed by atoms with Gasteiger partial charge in [0.05, 0.1) is 18.6 Å². The Balaban J connectivity index is 1.29. The summed E-state index contributed by atoms with van der Waals surface area (Å²) in [5.41, 5.74) is 1.63. The maximum atomic E-state index is 13.1. The van der Waals surface area contributed by atoms with Gasteiger partial charge < -0.3 is 14.2 Å². The molecule has 0 aromatic heterocycles. The smallest absolute Gasteiger partial charge is 0.293 e. The van der Waals surface area contributed by atoms with E-state index >= 15 is 0 Å². The average molecular weight is 590 g/mol.